The molecule has 0 saturated carbocycles. The Balaban J connectivity index is 0.00000137. The van der Waals surface area contributed by atoms with E-state index >= 15 is 0 Å². The van der Waals surface area contributed by atoms with Gasteiger partial charge in [-0.1, -0.05) is 90.6 Å². The number of piperazine rings is 1. The molecule has 0 aliphatic carbocycles. The predicted molar refractivity (Wildman–Crippen MR) is 146 cm³/mol. The summed E-state index contributed by atoms with van der Waals surface area (Å²) in [6.45, 7) is 21.5. The first kappa shape index (κ1) is 30.2. The Labute approximate surface area is 211 Å². The number of halogens is 2. The number of rotatable bonds is 7. The van der Waals surface area contributed by atoms with E-state index in [4.69, 9.17) is 0 Å². The minimum absolute atomic E-state index is 0.368. The summed E-state index contributed by atoms with van der Waals surface area (Å²) in [6, 6.07) is 18.4. The lowest BCUT2D eigenvalue weighted by Crippen LogP contribution is -2.48. The molecule has 0 radical (unpaired) electrons. The van der Waals surface area contributed by atoms with Crippen molar-refractivity contribution in [2.24, 2.45) is 0 Å². The summed E-state index contributed by atoms with van der Waals surface area (Å²) in [7, 11) is 0. The van der Waals surface area contributed by atoms with Crippen LogP contribution in [0.15, 0.2) is 71.8 Å². The van der Waals surface area contributed by atoms with Crippen molar-refractivity contribution in [3.8, 4) is 0 Å². The van der Waals surface area contributed by atoms with Crippen LogP contribution >= 0.6 is 11.9 Å². The van der Waals surface area contributed by atoms with Crippen LogP contribution in [0.2, 0.25) is 0 Å². The molecule has 5 heteroatoms. The summed E-state index contributed by atoms with van der Waals surface area (Å²) in [5.41, 5.74) is 1.92. The van der Waals surface area contributed by atoms with Gasteiger partial charge in [0, 0.05) is 49.6 Å². The molecule has 3 rings (SSSR count). The van der Waals surface area contributed by atoms with Crippen LogP contribution in [0.25, 0.3) is 0 Å². The number of hydrogen-bond acceptors (Lipinski definition) is 3. The Morgan fingerprint density at radius 3 is 2.00 bits per heavy atom. The van der Waals surface area contributed by atoms with Crippen LogP contribution in [0.3, 0.4) is 0 Å². The first-order valence-corrected chi connectivity index (χ1v) is 13.2. The van der Waals surface area contributed by atoms with Crippen molar-refractivity contribution < 1.29 is 8.78 Å². The molecule has 1 aliphatic heterocycles. The number of hydrogen-bond donors (Lipinski definition) is 0. The Kier molecular flexibility index (Phi) is 12.3. The van der Waals surface area contributed by atoms with Crippen LogP contribution in [-0.2, 0) is 11.8 Å². The van der Waals surface area contributed by atoms with Crippen LogP contribution in [-0.4, -0.2) is 40.8 Å². The van der Waals surface area contributed by atoms with Crippen molar-refractivity contribution in [2.45, 2.75) is 84.1 Å². The maximum Gasteiger partial charge on any atom is 0.254 e. The molecule has 2 aromatic carbocycles. The third kappa shape index (κ3) is 8.13. The summed E-state index contributed by atoms with van der Waals surface area (Å²) in [5, 5.41) is 0. The normalized spacial score (nSPS) is 16.6. The van der Waals surface area contributed by atoms with Crippen molar-refractivity contribution in [2.75, 3.05) is 19.6 Å². The highest BCUT2D eigenvalue weighted by Crippen LogP contribution is 2.39. The van der Waals surface area contributed by atoms with Crippen molar-refractivity contribution >= 4 is 11.9 Å². The fraction of sp³-hybridized carbons (Fsp3) is 0.517. The molecule has 1 unspecified atom stereocenters. The molecule has 0 N–H and O–H groups in total. The number of nitrogens with zero attached hydrogens (tertiary/aromatic N) is 2. The zero-order valence-electron chi connectivity index (χ0n) is 22.4. The topological polar surface area (TPSA) is 6.48 Å². The van der Waals surface area contributed by atoms with E-state index in [1.165, 1.54) is 5.56 Å². The van der Waals surface area contributed by atoms with E-state index in [1.807, 2.05) is 58.0 Å². The molecule has 1 saturated heterocycles. The SMILES string of the molecule is C=C(Cc1ccccc1)N1CCN(Sc2ccc(C(C)(C)C(C)(F)F)cc2)C(C)C1.CC.CC. The van der Waals surface area contributed by atoms with Gasteiger partial charge in [0.1, 0.15) is 0 Å². The highest BCUT2D eigenvalue weighted by molar-refractivity contribution is 7.97. The van der Waals surface area contributed by atoms with Crippen LogP contribution in [0.4, 0.5) is 8.78 Å². The third-order valence-corrected chi connectivity index (χ3v) is 7.42. The second-order valence-corrected chi connectivity index (χ2v) is 9.92. The summed E-state index contributed by atoms with van der Waals surface area (Å²) < 4.78 is 30.2. The highest BCUT2D eigenvalue weighted by Gasteiger charge is 2.43. The lowest BCUT2D eigenvalue weighted by molar-refractivity contribution is -0.0468. The number of allylic oxidation sites excluding steroid dienone is 1. The van der Waals surface area contributed by atoms with E-state index in [9.17, 15) is 8.78 Å². The molecular weight excluding hydrogens is 446 g/mol. The van der Waals surface area contributed by atoms with Crippen LogP contribution < -0.4 is 0 Å². The fourth-order valence-corrected chi connectivity index (χ4v) is 4.58. The molecule has 0 bridgehead atoms. The van der Waals surface area contributed by atoms with Gasteiger partial charge in [-0.3, -0.25) is 0 Å². The van der Waals surface area contributed by atoms with Crippen molar-refractivity contribution in [3.05, 3.63) is 78.0 Å². The molecule has 0 aromatic heterocycles. The fourth-order valence-electron chi connectivity index (χ4n) is 3.63. The van der Waals surface area contributed by atoms with Crippen LogP contribution in [0, 0.1) is 0 Å². The zero-order valence-corrected chi connectivity index (χ0v) is 23.2. The van der Waals surface area contributed by atoms with Gasteiger partial charge < -0.3 is 4.90 Å². The minimum Gasteiger partial charge on any atom is -0.372 e. The molecule has 0 amide bonds. The predicted octanol–water partition coefficient (Wildman–Crippen LogP) is 8.44. The monoisotopic (exact) mass is 490 g/mol. The summed E-state index contributed by atoms with van der Waals surface area (Å²) in [6.07, 6.45) is 0.875. The van der Waals surface area contributed by atoms with E-state index in [0.29, 0.717) is 11.6 Å². The van der Waals surface area contributed by atoms with E-state index in [-0.39, 0.29) is 0 Å². The van der Waals surface area contributed by atoms with Crippen molar-refractivity contribution in [3.63, 3.8) is 0 Å². The van der Waals surface area contributed by atoms with Gasteiger partial charge in [-0.2, -0.15) is 0 Å². The van der Waals surface area contributed by atoms with Gasteiger partial charge in [-0.25, -0.2) is 13.1 Å². The van der Waals surface area contributed by atoms with Gasteiger partial charge in [0.25, 0.3) is 5.92 Å². The smallest absolute Gasteiger partial charge is 0.254 e. The largest absolute Gasteiger partial charge is 0.372 e. The Bertz CT molecular complexity index is 845. The minimum atomic E-state index is -2.77. The average molecular weight is 491 g/mol. The van der Waals surface area contributed by atoms with Gasteiger partial charge in [-0.15, -0.1) is 0 Å². The highest BCUT2D eigenvalue weighted by atomic mass is 32.2. The molecule has 190 valence electrons. The summed E-state index contributed by atoms with van der Waals surface area (Å²) in [4.78, 5) is 3.46. The molecular formula is C29H44F2N2S. The molecule has 1 atom stereocenters. The van der Waals surface area contributed by atoms with Gasteiger partial charge >= 0.3 is 0 Å². The zero-order chi connectivity index (χ0) is 25.9. The Hall–Kier alpha value is -1.85. The Morgan fingerprint density at radius 1 is 0.941 bits per heavy atom. The number of alkyl halides is 2. The van der Waals surface area contributed by atoms with Crippen molar-refractivity contribution in [1.82, 2.24) is 9.21 Å². The van der Waals surface area contributed by atoms with Crippen LogP contribution in [0.1, 0.15) is 66.5 Å². The number of benzene rings is 2. The molecule has 1 fully saturated rings. The van der Waals surface area contributed by atoms with E-state index in [2.05, 4.69) is 47.0 Å². The van der Waals surface area contributed by atoms with Crippen LogP contribution in [0.5, 0.6) is 0 Å². The van der Waals surface area contributed by atoms with Gasteiger partial charge in [0.2, 0.25) is 0 Å². The Morgan fingerprint density at radius 2 is 1.50 bits per heavy atom. The summed E-state index contributed by atoms with van der Waals surface area (Å²) >= 11 is 1.71. The van der Waals surface area contributed by atoms with Crippen molar-refractivity contribution in [1.29, 1.82) is 0 Å². The first-order chi connectivity index (χ1) is 16.1. The second-order valence-electron chi connectivity index (χ2n) is 8.79. The maximum atomic E-state index is 13.9. The average Bonchev–Trinajstić information content (AvgIpc) is 2.83. The molecule has 0 spiro atoms. The lowest BCUT2D eigenvalue weighted by Gasteiger charge is -2.41. The molecule has 1 aliphatic rings. The van der Waals surface area contributed by atoms with E-state index < -0.39 is 11.3 Å². The van der Waals surface area contributed by atoms with Gasteiger partial charge in [0.05, 0.1) is 5.41 Å². The van der Waals surface area contributed by atoms with Gasteiger partial charge in [-0.05, 0) is 42.1 Å². The quantitative estimate of drug-likeness (QED) is 0.360. The molecule has 2 nitrogen and oxygen atoms in total. The first-order valence-electron chi connectivity index (χ1n) is 12.5. The lowest BCUT2D eigenvalue weighted by atomic mass is 9.79. The second kappa shape index (κ2) is 13.9. The standard InChI is InChI=1S/C25H32F2N2S.2C2H6/c1-19(17-21-9-7-6-8-10-21)28-15-16-29(20(2)18-28)30-23-13-11-22(12-14-23)24(3,4)25(5,26)27;2*1-2/h6-14,20H,1,15-18H2,2-5H3;2*1-2H3. The van der Waals surface area contributed by atoms with E-state index in [1.54, 1.807) is 25.8 Å². The molecule has 1 heterocycles. The maximum absolute atomic E-state index is 13.9. The molecule has 34 heavy (non-hydrogen) atoms. The van der Waals surface area contributed by atoms with E-state index in [0.717, 1.165) is 43.6 Å². The molecule has 2 aromatic rings. The van der Waals surface area contributed by atoms with Gasteiger partial charge in [0.15, 0.2) is 0 Å². The summed E-state index contributed by atoms with van der Waals surface area (Å²) in [5.74, 6) is -2.77. The third-order valence-electron chi connectivity index (χ3n) is 6.16.